The van der Waals surface area contributed by atoms with Gasteiger partial charge in [0.2, 0.25) is 0 Å². The van der Waals surface area contributed by atoms with Crippen LogP contribution in [0, 0.1) is 5.92 Å². The Morgan fingerprint density at radius 1 is 1.36 bits per heavy atom. The number of carboxylic acid groups (broad SMARTS) is 1. The first kappa shape index (κ1) is 15.8. The van der Waals surface area contributed by atoms with Crippen molar-refractivity contribution in [3.8, 4) is 5.75 Å². The summed E-state index contributed by atoms with van der Waals surface area (Å²) in [6, 6.07) is 4.41. The Hall–Kier alpha value is -2.67. The van der Waals surface area contributed by atoms with Gasteiger partial charge in [0.05, 0.1) is 5.39 Å². The minimum absolute atomic E-state index is 0.142. The predicted molar refractivity (Wildman–Crippen MR) is 97.0 cm³/mol. The van der Waals surface area contributed by atoms with Crippen molar-refractivity contribution in [3.05, 3.63) is 40.5 Å². The first-order valence-electron chi connectivity index (χ1n) is 8.11. The molecule has 0 amide bonds. The third kappa shape index (κ3) is 2.80. The van der Waals surface area contributed by atoms with Gasteiger partial charge in [0.25, 0.3) is 0 Å². The lowest BCUT2D eigenvalue weighted by Gasteiger charge is -2.18. The van der Waals surface area contributed by atoms with Gasteiger partial charge in [-0.05, 0) is 48.9 Å². The average Bonchev–Trinajstić information content (AvgIpc) is 2.94. The number of rotatable bonds is 3. The summed E-state index contributed by atoms with van der Waals surface area (Å²) in [6.45, 7) is 2.27. The summed E-state index contributed by atoms with van der Waals surface area (Å²) in [7, 11) is 0. The third-order valence-electron chi connectivity index (χ3n) is 4.58. The number of phenols is 1. The number of aromatic nitrogens is 2. The molecule has 3 aromatic rings. The Morgan fingerprint density at radius 3 is 3.00 bits per heavy atom. The minimum Gasteiger partial charge on any atom is -0.507 e. The summed E-state index contributed by atoms with van der Waals surface area (Å²) >= 11 is 1.71. The van der Waals surface area contributed by atoms with Gasteiger partial charge < -0.3 is 15.5 Å². The quantitative estimate of drug-likeness (QED) is 0.616. The molecule has 25 heavy (non-hydrogen) atoms. The number of carboxylic acids is 1. The molecular formula is C18H17N3O3S. The molecule has 4 rings (SSSR count). The van der Waals surface area contributed by atoms with E-state index in [2.05, 4.69) is 22.2 Å². The van der Waals surface area contributed by atoms with Crippen LogP contribution in [-0.4, -0.2) is 26.2 Å². The van der Waals surface area contributed by atoms with Crippen LogP contribution >= 0.6 is 11.3 Å². The number of nitrogens with zero attached hydrogens (tertiary/aromatic N) is 2. The fourth-order valence-corrected chi connectivity index (χ4v) is 4.64. The number of aromatic carboxylic acids is 1. The van der Waals surface area contributed by atoms with Crippen LogP contribution in [0.15, 0.2) is 24.5 Å². The van der Waals surface area contributed by atoms with Gasteiger partial charge in [-0.2, -0.15) is 0 Å². The summed E-state index contributed by atoms with van der Waals surface area (Å²) in [5.74, 6) is -0.0668. The van der Waals surface area contributed by atoms with E-state index in [4.69, 9.17) is 5.11 Å². The van der Waals surface area contributed by atoms with Gasteiger partial charge in [0, 0.05) is 10.6 Å². The van der Waals surface area contributed by atoms with Crippen molar-refractivity contribution >= 4 is 39.0 Å². The number of carbonyl (C=O) groups is 1. The minimum atomic E-state index is -1.17. The second kappa shape index (κ2) is 6.00. The summed E-state index contributed by atoms with van der Waals surface area (Å²) in [6.07, 6.45) is 4.75. The summed E-state index contributed by atoms with van der Waals surface area (Å²) < 4.78 is 0. The molecule has 0 spiro atoms. The zero-order valence-electron chi connectivity index (χ0n) is 13.6. The van der Waals surface area contributed by atoms with E-state index in [1.54, 1.807) is 17.4 Å². The van der Waals surface area contributed by atoms with Crippen LogP contribution in [0.3, 0.4) is 0 Å². The maximum atomic E-state index is 11.2. The van der Waals surface area contributed by atoms with E-state index in [0.717, 1.165) is 29.5 Å². The largest absolute Gasteiger partial charge is 0.507 e. The summed E-state index contributed by atoms with van der Waals surface area (Å²) in [5, 5.41) is 23.1. The highest BCUT2D eigenvalue weighted by atomic mass is 32.1. The number of hydrogen-bond acceptors (Lipinski definition) is 6. The molecule has 0 saturated heterocycles. The molecule has 3 N–H and O–H groups in total. The normalized spacial score (nSPS) is 16.6. The summed E-state index contributed by atoms with van der Waals surface area (Å²) in [4.78, 5) is 22.3. The topological polar surface area (TPSA) is 95.3 Å². The standard InChI is InChI=1S/C18H17N3O3S/c1-9-2-4-11-14(6-9)25-17-15(11)16(19-8-20-17)21-10-3-5-13(22)12(7-10)18(23)24/h3,5,7-9,22H,2,4,6H2,1H3,(H,23,24)(H,19,20,21). The fraction of sp³-hybridized carbons (Fsp3) is 0.278. The Kier molecular flexibility index (Phi) is 3.80. The first-order chi connectivity index (χ1) is 12.0. The second-order valence-corrected chi connectivity index (χ2v) is 7.50. The number of benzene rings is 1. The van der Waals surface area contributed by atoms with Gasteiger partial charge in [-0.3, -0.25) is 0 Å². The summed E-state index contributed by atoms with van der Waals surface area (Å²) in [5.41, 5.74) is 1.73. The molecule has 0 fully saturated rings. The number of fused-ring (bicyclic) bond motifs is 3. The molecule has 1 aromatic carbocycles. The second-order valence-electron chi connectivity index (χ2n) is 6.42. The van der Waals surface area contributed by atoms with Gasteiger partial charge in [0.1, 0.15) is 28.3 Å². The highest BCUT2D eigenvalue weighted by Crippen LogP contribution is 2.40. The van der Waals surface area contributed by atoms with Crippen LogP contribution in [0.25, 0.3) is 10.2 Å². The number of thiophene rings is 1. The molecule has 7 heteroatoms. The van der Waals surface area contributed by atoms with Crippen molar-refractivity contribution in [2.24, 2.45) is 5.92 Å². The fourth-order valence-electron chi connectivity index (χ4n) is 3.29. The number of aromatic hydroxyl groups is 1. The van der Waals surface area contributed by atoms with Crippen LogP contribution in [0.4, 0.5) is 11.5 Å². The molecule has 1 unspecified atom stereocenters. The molecule has 2 aromatic heterocycles. The molecular weight excluding hydrogens is 338 g/mol. The van der Waals surface area contributed by atoms with E-state index in [9.17, 15) is 9.90 Å². The van der Waals surface area contributed by atoms with Crippen molar-refractivity contribution < 1.29 is 15.0 Å². The van der Waals surface area contributed by atoms with Crippen molar-refractivity contribution in [3.63, 3.8) is 0 Å². The number of nitrogens with one attached hydrogen (secondary N) is 1. The first-order valence-corrected chi connectivity index (χ1v) is 8.93. The predicted octanol–water partition coefficient (Wildman–Crippen LogP) is 3.96. The smallest absolute Gasteiger partial charge is 0.339 e. The zero-order valence-corrected chi connectivity index (χ0v) is 14.4. The molecule has 2 heterocycles. The average molecular weight is 355 g/mol. The Balaban J connectivity index is 1.78. The lowest BCUT2D eigenvalue weighted by Crippen LogP contribution is -2.09. The van der Waals surface area contributed by atoms with Crippen molar-refractivity contribution in [1.82, 2.24) is 9.97 Å². The van der Waals surface area contributed by atoms with E-state index in [1.165, 1.54) is 28.9 Å². The van der Waals surface area contributed by atoms with E-state index in [-0.39, 0.29) is 11.3 Å². The Labute approximate surface area is 148 Å². The molecule has 0 radical (unpaired) electrons. The molecule has 0 saturated carbocycles. The van der Waals surface area contributed by atoms with Gasteiger partial charge in [0.15, 0.2) is 0 Å². The van der Waals surface area contributed by atoms with E-state index in [0.29, 0.717) is 17.4 Å². The Morgan fingerprint density at radius 2 is 2.20 bits per heavy atom. The van der Waals surface area contributed by atoms with E-state index >= 15 is 0 Å². The number of aryl methyl sites for hydroxylation is 1. The lowest BCUT2D eigenvalue weighted by atomic mass is 9.89. The van der Waals surface area contributed by atoms with Gasteiger partial charge in [-0.15, -0.1) is 11.3 Å². The van der Waals surface area contributed by atoms with Crippen LogP contribution in [0.5, 0.6) is 5.75 Å². The lowest BCUT2D eigenvalue weighted by molar-refractivity contribution is 0.0694. The molecule has 0 bridgehead atoms. The molecule has 1 atom stereocenters. The van der Waals surface area contributed by atoms with E-state index in [1.807, 2.05) is 0 Å². The molecule has 1 aliphatic rings. The van der Waals surface area contributed by atoms with Crippen molar-refractivity contribution in [2.45, 2.75) is 26.2 Å². The maximum absolute atomic E-state index is 11.2. The van der Waals surface area contributed by atoms with Crippen molar-refractivity contribution in [1.29, 1.82) is 0 Å². The molecule has 6 nitrogen and oxygen atoms in total. The van der Waals surface area contributed by atoms with Crippen LogP contribution < -0.4 is 5.32 Å². The third-order valence-corrected chi connectivity index (χ3v) is 5.74. The highest BCUT2D eigenvalue weighted by molar-refractivity contribution is 7.19. The zero-order chi connectivity index (χ0) is 17.6. The highest BCUT2D eigenvalue weighted by Gasteiger charge is 2.23. The number of hydrogen-bond donors (Lipinski definition) is 3. The van der Waals surface area contributed by atoms with Crippen LogP contribution in [-0.2, 0) is 12.8 Å². The maximum Gasteiger partial charge on any atom is 0.339 e. The van der Waals surface area contributed by atoms with Gasteiger partial charge in [-0.25, -0.2) is 14.8 Å². The van der Waals surface area contributed by atoms with Crippen LogP contribution in [0.2, 0.25) is 0 Å². The van der Waals surface area contributed by atoms with E-state index < -0.39 is 5.97 Å². The van der Waals surface area contributed by atoms with Gasteiger partial charge in [-0.1, -0.05) is 6.92 Å². The number of anilines is 2. The molecule has 128 valence electrons. The van der Waals surface area contributed by atoms with Crippen molar-refractivity contribution in [2.75, 3.05) is 5.32 Å². The molecule has 1 aliphatic carbocycles. The van der Waals surface area contributed by atoms with Gasteiger partial charge >= 0.3 is 5.97 Å². The Bertz CT molecular complexity index is 983. The SMILES string of the molecule is CC1CCc2c(sc3ncnc(Nc4ccc(O)c(C(=O)O)c4)c23)C1. The monoisotopic (exact) mass is 355 g/mol. The molecule has 0 aliphatic heterocycles. The van der Waals surface area contributed by atoms with Crippen LogP contribution in [0.1, 0.15) is 34.1 Å².